The Hall–Kier alpha value is -3.24. The van der Waals surface area contributed by atoms with Gasteiger partial charge in [0.1, 0.15) is 0 Å². The quantitative estimate of drug-likeness (QED) is 0.511. The highest BCUT2D eigenvalue weighted by Gasteiger charge is 2.44. The van der Waals surface area contributed by atoms with Crippen LogP contribution in [0, 0.1) is 5.41 Å². The monoisotopic (exact) mass is 441 g/mol. The molecule has 31 heavy (non-hydrogen) atoms. The Morgan fingerprint density at radius 2 is 1.84 bits per heavy atom. The highest BCUT2D eigenvalue weighted by molar-refractivity contribution is 7.92. The number of rotatable bonds is 7. The Bertz CT molecular complexity index is 1210. The maximum absolute atomic E-state index is 12.8. The van der Waals surface area contributed by atoms with Gasteiger partial charge in [0.2, 0.25) is 17.6 Å². The van der Waals surface area contributed by atoms with E-state index in [1.165, 1.54) is 12.1 Å². The fourth-order valence-electron chi connectivity index (χ4n) is 2.89. The molecule has 0 aliphatic heterocycles. The number of hydrogen-bond donors (Lipinski definition) is 3. The second-order valence-corrected chi connectivity index (χ2v) is 9.65. The van der Waals surface area contributed by atoms with Gasteiger partial charge in [0, 0.05) is 16.7 Å². The van der Waals surface area contributed by atoms with E-state index in [0.29, 0.717) is 28.7 Å². The topological polar surface area (TPSA) is 140 Å². The molecule has 0 unspecified atom stereocenters. The molecular formula is C21H23N5O4S. The lowest BCUT2D eigenvalue weighted by atomic mass is 10.1. The number of carbonyl (C=O) groups is 1. The summed E-state index contributed by atoms with van der Waals surface area (Å²) in [5.74, 6) is 0.574. The first-order valence-electron chi connectivity index (χ1n) is 9.80. The van der Waals surface area contributed by atoms with E-state index in [4.69, 9.17) is 10.3 Å². The number of nitrogens with zero attached hydrogens (tertiary/aromatic N) is 2. The minimum atomic E-state index is -3.83. The number of hydrogen-bond acceptors (Lipinski definition) is 7. The molecule has 3 aromatic rings. The third-order valence-electron chi connectivity index (χ3n) is 5.17. The van der Waals surface area contributed by atoms with Gasteiger partial charge in [-0.2, -0.15) is 4.98 Å². The Labute approximate surface area is 180 Å². The van der Waals surface area contributed by atoms with Gasteiger partial charge >= 0.3 is 0 Å². The van der Waals surface area contributed by atoms with Crippen molar-refractivity contribution < 1.29 is 17.7 Å². The molecule has 1 aliphatic carbocycles. The minimum absolute atomic E-state index is 0.0586. The summed E-state index contributed by atoms with van der Waals surface area (Å²) in [7, 11) is -3.83. The molecule has 1 atom stereocenters. The van der Waals surface area contributed by atoms with Gasteiger partial charge in [0.15, 0.2) is 0 Å². The Morgan fingerprint density at radius 3 is 2.45 bits per heavy atom. The van der Waals surface area contributed by atoms with Gasteiger partial charge in [-0.3, -0.25) is 9.52 Å². The van der Waals surface area contributed by atoms with Gasteiger partial charge < -0.3 is 15.6 Å². The Morgan fingerprint density at radius 1 is 1.16 bits per heavy atom. The van der Waals surface area contributed by atoms with E-state index in [-0.39, 0.29) is 16.2 Å². The van der Waals surface area contributed by atoms with Crippen LogP contribution in [-0.4, -0.2) is 24.5 Å². The van der Waals surface area contributed by atoms with E-state index in [9.17, 15) is 13.2 Å². The molecule has 1 saturated carbocycles. The second-order valence-electron chi connectivity index (χ2n) is 7.97. The van der Waals surface area contributed by atoms with Crippen LogP contribution >= 0.6 is 0 Å². The van der Waals surface area contributed by atoms with E-state index in [0.717, 1.165) is 12.8 Å². The molecule has 0 radical (unpaired) electrons. The number of benzene rings is 2. The van der Waals surface area contributed by atoms with Crippen LogP contribution in [0.15, 0.2) is 57.9 Å². The molecule has 0 bridgehead atoms. The fourth-order valence-corrected chi connectivity index (χ4v) is 3.94. The van der Waals surface area contributed by atoms with Gasteiger partial charge in [-0.15, -0.1) is 0 Å². The van der Waals surface area contributed by atoms with Gasteiger partial charge in [-0.25, -0.2) is 8.42 Å². The first-order valence-corrected chi connectivity index (χ1v) is 11.3. The maximum atomic E-state index is 12.8. The third-order valence-corrected chi connectivity index (χ3v) is 6.57. The molecule has 2 aromatic carbocycles. The number of aromatic nitrogens is 2. The van der Waals surface area contributed by atoms with Crippen molar-refractivity contribution in [3.63, 3.8) is 0 Å². The fraction of sp³-hybridized carbons (Fsp3) is 0.286. The first kappa shape index (κ1) is 21.0. The number of carbonyl (C=O) groups excluding carboxylic acids is 1. The SMILES string of the molecule is C[C@H](N)c1nc(-c2ccc(S(=O)(=O)Nc3cccc(NC(=O)C4(C)CC4)c3)cc2)no1. The van der Waals surface area contributed by atoms with Crippen molar-refractivity contribution in [2.75, 3.05) is 10.0 Å². The molecule has 1 aliphatic rings. The summed E-state index contributed by atoms with van der Waals surface area (Å²) >= 11 is 0. The normalized spacial score (nSPS) is 15.8. The second kappa shape index (κ2) is 7.78. The lowest BCUT2D eigenvalue weighted by Gasteiger charge is -2.12. The summed E-state index contributed by atoms with van der Waals surface area (Å²) in [6.45, 7) is 3.63. The van der Waals surface area contributed by atoms with E-state index < -0.39 is 16.1 Å². The molecule has 162 valence electrons. The van der Waals surface area contributed by atoms with Crippen LogP contribution < -0.4 is 15.8 Å². The number of nitrogens with one attached hydrogen (secondary N) is 2. The zero-order valence-corrected chi connectivity index (χ0v) is 17.9. The predicted molar refractivity (Wildman–Crippen MR) is 116 cm³/mol. The average Bonchev–Trinajstić information content (AvgIpc) is 3.28. The first-order chi connectivity index (χ1) is 14.7. The van der Waals surface area contributed by atoms with Crippen molar-refractivity contribution in [2.45, 2.75) is 37.6 Å². The van der Waals surface area contributed by atoms with Crippen molar-refractivity contribution in [3.05, 3.63) is 54.4 Å². The summed E-state index contributed by atoms with van der Waals surface area (Å²) in [5, 5.41) is 6.70. The molecule has 4 rings (SSSR count). The highest BCUT2D eigenvalue weighted by atomic mass is 32.2. The lowest BCUT2D eigenvalue weighted by Crippen LogP contribution is -2.21. The predicted octanol–water partition coefficient (Wildman–Crippen LogP) is 3.30. The van der Waals surface area contributed by atoms with Crippen molar-refractivity contribution in [1.29, 1.82) is 0 Å². The van der Waals surface area contributed by atoms with Gasteiger partial charge in [-0.1, -0.05) is 18.1 Å². The summed E-state index contributed by atoms with van der Waals surface area (Å²) < 4.78 is 33.2. The number of nitrogens with two attached hydrogens (primary N) is 1. The zero-order valence-electron chi connectivity index (χ0n) is 17.1. The summed E-state index contributed by atoms with van der Waals surface area (Å²) in [6, 6.07) is 12.3. The molecule has 1 amide bonds. The number of amides is 1. The number of sulfonamides is 1. The van der Waals surface area contributed by atoms with Crippen molar-refractivity contribution in [2.24, 2.45) is 11.1 Å². The Kier molecular flexibility index (Phi) is 5.28. The standard InChI is InChI=1S/C21H23N5O4S/c1-13(22)19-24-18(25-30-19)14-6-8-17(9-7-14)31(28,29)26-16-5-3-4-15(12-16)23-20(27)21(2)10-11-21/h3-9,12-13,26H,10-11,22H2,1-2H3,(H,23,27)/t13-/m0/s1. The molecule has 1 heterocycles. The van der Waals surface area contributed by atoms with E-state index in [1.807, 2.05) is 6.92 Å². The lowest BCUT2D eigenvalue weighted by molar-refractivity contribution is -0.120. The van der Waals surface area contributed by atoms with E-state index >= 15 is 0 Å². The minimum Gasteiger partial charge on any atom is -0.337 e. The highest BCUT2D eigenvalue weighted by Crippen LogP contribution is 2.45. The van der Waals surface area contributed by atoms with E-state index in [1.54, 1.807) is 43.3 Å². The zero-order chi connectivity index (χ0) is 22.2. The van der Waals surface area contributed by atoms with Crippen LogP contribution in [0.1, 0.15) is 38.6 Å². The third kappa shape index (κ3) is 4.59. The van der Waals surface area contributed by atoms with Crippen molar-refractivity contribution in [3.8, 4) is 11.4 Å². The smallest absolute Gasteiger partial charge is 0.261 e. The summed E-state index contributed by atoms with van der Waals surface area (Å²) in [5.41, 5.74) is 6.89. The van der Waals surface area contributed by atoms with Crippen LogP contribution in [0.3, 0.4) is 0 Å². The van der Waals surface area contributed by atoms with E-state index in [2.05, 4.69) is 20.2 Å². The number of anilines is 2. The van der Waals surface area contributed by atoms with Crippen LogP contribution in [-0.2, 0) is 14.8 Å². The summed E-state index contributed by atoms with van der Waals surface area (Å²) in [4.78, 5) is 16.5. The molecule has 9 nitrogen and oxygen atoms in total. The van der Waals surface area contributed by atoms with Gasteiger partial charge in [0.05, 0.1) is 16.6 Å². The van der Waals surface area contributed by atoms with Crippen LogP contribution in [0.25, 0.3) is 11.4 Å². The van der Waals surface area contributed by atoms with Crippen molar-refractivity contribution in [1.82, 2.24) is 10.1 Å². The maximum Gasteiger partial charge on any atom is 0.261 e. The van der Waals surface area contributed by atoms with Crippen molar-refractivity contribution >= 4 is 27.3 Å². The van der Waals surface area contributed by atoms with Gasteiger partial charge in [-0.05, 0) is 62.2 Å². The average molecular weight is 442 g/mol. The molecule has 4 N–H and O–H groups in total. The summed E-state index contributed by atoms with van der Waals surface area (Å²) in [6.07, 6.45) is 1.72. The molecule has 10 heteroatoms. The Balaban J connectivity index is 1.48. The van der Waals surface area contributed by atoms with Crippen LogP contribution in [0.4, 0.5) is 11.4 Å². The molecule has 0 spiro atoms. The van der Waals surface area contributed by atoms with Crippen LogP contribution in [0.2, 0.25) is 0 Å². The molecule has 1 fully saturated rings. The molecule has 0 saturated heterocycles. The molecular weight excluding hydrogens is 418 g/mol. The van der Waals surface area contributed by atoms with Crippen LogP contribution in [0.5, 0.6) is 0 Å². The molecule has 1 aromatic heterocycles. The largest absolute Gasteiger partial charge is 0.337 e. The van der Waals surface area contributed by atoms with Gasteiger partial charge in [0.25, 0.3) is 10.0 Å².